The summed E-state index contributed by atoms with van der Waals surface area (Å²) in [6.07, 6.45) is -2.42. The van der Waals surface area contributed by atoms with E-state index in [2.05, 4.69) is 26.5 Å². The molecule has 0 aliphatic carbocycles. The minimum atomic E-state index is -4.69. The quantitative estimate of drug-likeness (QED) is 0.166. The van der Waals surface area contributed by atoms with Crippen LogP contribution in [0.4, 0.5) is 29.3 Å². The number of carbonyl (C=O) groups is 3. The Morgan fingerprint density at radius 2 is 1.42 bits per heavy atom. The predicted octanol–water partition coefficient (Wildman–Crippen LogP) is 6.32. The van der Waals surface area contributed by atoms with Crippen LogP contribution < -0.4 is 26.2 Å². The summed E-state index contributed by atoms with van der Waals surface area (Å²) in [6.45, 7) is 0. The van der Waals surface area contributed by atoms with E-state index in [1.54, 1.807) is 0 Å². The summed E-state index contributed by atoms with van der Waals surface area (Å²) in [7, 11) is -3.54. The molecule has 0 atom stereocenters. The van der Waals surface area contributed by atoms with E-state index in [-0.39, 0.29) is 32.6 Å². The third kappa shape index (κ3) is 8.84. The minimum absolute atomic E-state index is 0.0781. The van der Waals surface area contributed by atoms with Crippen LogP contribution in [0.25, 0.3) is 0 Å². The van der Waals surface area contributed by atoms with Crippen LogP contribution in [0.5, 0.6) is 11.5 Å². The fraction of sp³-hybridized carbons (Fsp3) is 0.0714. The van der Waals surface area contributed by atoms with Crippen LogP contribution in [0, 0.1) is 0 Å². The average Bonchev–Trinajstić information content (AvgIpc) is 2.96. The van der Waals surface area contributed by atoms with Gasteiger partial charge in [-0.05, 0) is 66.7 Å². The number of sulfone groups is 1. The summed E-state index contributed by atoms with van der Waals surface area (Å²) in [5.41, 5.74) is 3.22. The van der Waals surface area contributed by atoms with Crippen LogP contribution in [-0.4, -0.2) is 37.5 Å². The van der Waals surface area contributed by atoms with Crippen molar-refractivity contribution in [1.29, 1.82) is 0 Å². The van der Waals surface area contributed by atoms with Crippen molar-refractivity contribution < 1.29 is 40.7 Å². The molecule has 0 aliphatic heterocycles. The maximum absolute atomic E-state index is 13.1. The van der Waals surface area contributed by atoms with Gasteiger partial charge in [-0.3, -0.25) is 25.4 Å². The lowest BCUT2D eigenvalue weighted by Gasteiger charge is -2.13. The first-order valence-corrected chi connectivity index (χ1v) is 15.0. The number of carbonyl (C=O) groups excluding carboxylic acids is 3. The second-order valence-corrected chi connectivity index (χ2v) is 11.9. The maximum Gasteiger partial charge on any atom is 0.417 e. The van der Waals surface area contributed by atoms with Crippen molar-refractivity contribution >= 4 is 62.3 Å². The minimum Gasteiger partial charge on any atom is -0.457 e. The molecule has 1 aromatic heterocycles. The van der Waals surface area contributed by atoms with Crippen molar-refractivity contribution in [2.45, 2.75) is 11.1 Å². The highest BCUT2D eigenvalue weighted by Crippen LogP contribution is 2.36. The number of rotatable bonds is 7. The molecule has 45 heavy (non-hydrogen) atoms. The van der Waals surface area contributed by atoms with Crippen LogP contribution in [0.3, 0.4) is 0 Å². The summed E-state index contributed by atoms with van der Waals surface area (Å²) in [6, 6.07) is 14.3. The van der Waals surface area contributed by atoms with Gasteiger partial charge in [-0.15, -0.1) is 0 Å². The summed E-state index contributed by atoms with van der Waals surface area (Å²) < 4.78 is 68.2. The molecule has 0 unspecified atom stereocenters. The molecule has 4 N–H and O–H groups in total. The smallest absolute Gasteiger partial charge is 0.417 e. The Kier molecular flexibility index (Phi) is 9.85. The van der Waals surface area contributed by atoms with Gasteiger partial charge >= 0.3 is 12.2 Å². The summed E-state index contributed by atoms with van der Waals surface area (Å²) >= 11 is 11.6. The molecule has 0 saturated heterocycles. The average molecular weight is 682 g/mol. The maximum atomic E-state index is 13.1. The number of aromatic nitrogens is 1. The number of ether oxygens (including phenoxy) is 1. The van der Waals surface area contributed by atoms with E-state index < -0.39 is 44.4 Å². The lowest BCUT2D eigenvalue weighted by Crippen LogP contribution is -2.42. The van der Waals surface area contributed by atoms with E-state index in [0.717, 1.165) is 18.4 Å². The van der Waals surface area contributed by atoms with Crippen molar-refractivity contribution in [3.8, 4) is 11.5 Å². The Morgan fingerprint density at radius 3 is 2.07 bits per heavy atom. The lowest BCUT2D eigenvalue weighted by molar-refractivity contribution is -0.137. The molecule has 0 fully saturated rings. The monoisotopic (exact) mass is 681 g/mol. The number of nitrogens with one attached hydrogen (secondary N) is 4. The number of hydrazine groups is 1. The van der Waals surface area contributed by atoms with Crippen LogP contribution in [-0.2, 0) is 16.0 Å². The Labute approximate surface area is 263 Å². The highest BCUT2D eigenvalue weighted by atomic mass is 35.5. The number of hydrogen-bond donors (Lipinski definition) is 4. The number of alkyl halides is 3. The fourth-order valence-corrected chi connectivity index (χ4v) is 4.81. The van der Waals surface area contributed by atoms with E-state index in [0.29, 0.717) is 17.5 Å². The Bertz CT molecular complexity index is 1890. The Hall–Kier alpha value is -4.86. The number of amides is 4. The zero-order valence-corrected chi connectivity index (χ0v) is 25.0. The van der Waals surface area contributed by atoms with Crippen molar-refractivity contribution in [1.82, 2.24) is 15.8 Å². The first-order chi connectivity index (χ1) is 21.1. The largest absolute Gasteiger partial charge is 0.457 e. The highest BCUT2D eigenvalue weighted by Gasteiger charge is 2.33. The normalized spacial score (nSPS) is 11.3. The standard InChI is InChI=1S/C28H20Cl2F3N5O6S/c1-45(42,43)19-7-8-20(23(30)14-19)25(39)37-38-26(40)24-13-18(10-11-34-24)44-17-5-2-15(3-6-17)35-27(41)36-16-4-9-22(29)21(12-16)28(31,32)33/h2-14H,1H3,(H,37,39)(H,38,40)(H2,35,36,41). The zero-order chi connectivity index (χ0) is 32.9. The van der Waals surface area contributed by atoms with Crippen molar-refractivity contribution in [3.05, 3.63) is 106 Å². The molecule has 17 heteroatoms. The predicted molar refractivity (Wildman–Crippen MR) is 159 cm³/mol. The number of nitrogens with zero attached hydrogens (tertiary/aromatic N) is 1. The van der Waals surface area contributed by atoms with Gasteiger partial charge in [0.05, 0.1) is 26.1 Å². The SMILES string of the molecule is CS(=O)(=O)c1ccc(C(=O)NNC(=O)c2cc(Oc3ccc(NC(=O)Nc4ccc(Cl)c(C(F)(F)F)c4)cc3)ccn2)c(Cl)c1. The molecule has 1 heterocycles. The van der Waals surface area contributed by atoms with E-state index in [1.807, 2.05) is 0 Å². The Morgan fingerprint density at radius 1 is 0.778 bits per heavy atom. The molecule has 234 valence electrons. The first kappa shape index (κ1) is 33.0. The van der Waals surface area contributed by atoms with Gasteiger partial charge in [-0.2, -0.15) is 13.2 Å². The molecule has 11 nitrogen and oxygen atoms in total. The van der Waals surface area contributed by atoms with Crippen molar-refractivity contribution in [2.75, 3.05) is 16.9 Å². The van der Waals surface area contributed by atoms with Crippen LogP contribution in [0.15, 0.2) is 83.9 Å². The number of urea groups is 1. The second-order valence-electron chi connectivity index (χ2n) is 9.10. The molecule has 3 aromatic carbocycles. The molecule has 0 saturated carbocycles. The van der Waals surface area contributed by atoms with Gasteiger partial charge in [0, 0.05) is 29.9 Å². The number of hydrogen-bond acceptors (Lipinski definition) is 7. The van der Waals surface area contributed by atoms with Crippen molar-refractivity contribution in [3.63, 3.8) is 0 Å². The van der Waals surface area contributed by atoms with Gasteiger partial charge < -0.3 is 15.4 Å². The molecular formula is C28H20Cl2F3N5O6S. The lowest BCUT2D eigenvalue weighted by atomic mass is 10.2. The van der Waals surface area contributed by atoms with Gasteiger partial charge in [0.25, 0.3) is 11.8 Å². The molecular weight excluding hydrogens is 662 g/mol. The van der Waals surface area contributed by atoms with Gasteiger partial charge in [-0.25, -0.2) is 13.2 Å². The van der Waals surface area contributed by atoms with E-state index in [1.165, 1.54) is 60.8 Å². The molecule has 0 bridgehead atoms. The van der Waals surface area contributed by atoms with Gasteiger partial charge in [-0.1, -0.05) is 23.2 Å². The molecule has 4 rings (SSSR count). The Balaban J connectivity index is 1.32. The second kappa shape index (κ2) is 13.4. The number of pyridine rings is 1. The molecule has 0 radical (unpaired) electrons. The molecule has 0 spiro atoms. The summed E-state index contributed by atoms with van der Waals surface area (Å²) in [5.74, 6) is -1.11. The van der Waals surface area contributed by atoms with E-state index >= 15 is 0 Å². The van der Waals surface area contributed by atoms with Gasteiger partial charge in [0.2, 0.25) is 0 Å². The molecule has 4 aromatic rings. The third-order valence-electron chi connectivity index (χ3n) is 5.74. The fourth-order valence-electron chi connectivity index (χ4n) is 3.61. The molecule has 0 aliphatic rings. The zero-order valence-electron chi connectivity index (χ0n) is 22.7. The topological polar surface area (TPSA) is 156 Å². The van der Waals surface area contributed by atoms with E-state index in [9.17, 15) is 36.0 Å². The third-order valence-corrected chi connectivity index (χ3v) is 7.50. The van der Waals surface area contributed by atoms with Crippen LogP contribution >= 0.6 is 23.2 Å². The number of halogens is 5. The first-order valence-electron chi connectivity index (χ1n) is 12.4. The van der Waals surface area contributed by atoms with Crippen LogP contribution in [0.2, 0.25) is 10.0 Å². The van der Waals surface area contributed by atoms with Crippen molar-refractivity contribution in [2.24, 2.45) is 0 Å². The highest BCUT2D eigenvalue weighted by molar-refractivity contribution is 7.90. The summed E-state index contributed by atoms with van der Waals surface area (Å²) in [5, 5.41) is 4.13. The van der Waals surface area contributed by atoms with E-state index in [4.69, 9.17) is 27.9 Å². The van der Waals surface area contributed by atoms with Crippen LogP contribution in [0.1, 0.15) is 26.4 Å². The molecule has 4 amide bonds. The van der Waals surface area contributed by atoms with Gasteiger partial charge in [0.1, 0.15) is 17.2 Å². The number of anilines is 2. The van der Waals surface area contributed by atoms with Gasteiger partial charge in [0.15, 0.2) is 9.84 Å². The summed E-state index contributed by atoms with van der Waals surface area (Å²) in [4.78, 5) is 41.1. The number of benzene rings is 3.